The topological polar surface area (TPSA) is 85.2 Å². The third-order valence-corrected chi connectivity index (χ3v) is 4.26. The minimum absolute atomic E-state index is 0.0773. The van der Waals surface area contributed by atoms with E-state index in [4.69, 9.17) is 4.74 Å². The molecule has 8 nitrogen and oxygen atoms in total. The van der Waals surface area contributed by atoms with Crippen LogP contribution in [0.4, 0.5) is 5.82 Å². The SMILES string of the molecule is COCCn1ccc(C(=O)N[C@@H]2CCCN(c3ccc(C)nn3)C2)n1. The lowest BCUT2D eigenvalue weighted by molar-refractivity contribution is 0.0926. The van der Waals surface area contributed by atoms with E-state index in [1.807, 2.05) is 19.1 Å². The maximum atomic E-state index is 12.4. The third kappa shape index (κ3) is 4.54. The molecule has 3 rings (SSSR count). The number of ether oxygens (including phenoxy) is 1. The highest BCUT2D eigenvalue weighted by molar-refractivity contribution is 5.92. The quantitative estimate of drug-likeness (QED) is 0.842. The number of amides is 1. The second kappa shape index (κ2) is 8.06. The zero-order chi connectivity index (χ0) is 17.6. The Hall–Kier alpha value is -2.48. The fourth-order valence-electron chi connectivity index (χ4n) is 2.92. The van der Waals surface area contributed by atoms with Crippen LogP contribution < -0.4 is 10.2 Å². The van der Waals surface area contributed by atoms with Gasteiger partial charge in [-0.05, 0) is 38.0 Å². The van der Waals surface area contributed by atoms with Crippen molar-refractivity contribution in [1.82, 2.24) is 25.3 Å². The Labute approximate surface area is 147 Å². The maximum Gasteiger partial charge on any atom is 0.272 e. The molecule has 1 N–H and O–H groups in total. The monoisotopic (exact) mass is 344 g/mol. The first-order valence-corrected chi connectivity index (χ1v) is 8.54. The van der Waals surface area contributed by atoms with Gasteiger partial charge in [0, 0.05) is 32.4 Å². The Morgan fingerprint density at radius 2 is 2.24 bits per heavy atom. The van der Waals surface area contributed by atoms with Crippen LogP contribution in [0.15, 0.2) is 24.4 Å². The summed E-state index contributed by atoms with van der Waals surface area (Å²) in [6.45, 7) is 4.77. The standard InChI is InChI=1S/C17H24N6O2/c1-13-5-6-16(20-19-13)22-8-3-4-14(12-22)18-17(24)15-7-9-23(21-15)10-11-25-2/h5-7,9,14H,3-4,8,10-12H2,1-2H3,(H,18,24)/t14-/m1/s1. The Bertz CT molecular complexity index is 699. The van der Waals surface area contributed by atoms with Gasteiger partial charge in [-0.25, -0.2) is 0 Å². The van der Waals surface area contributed by atoms with Crippen LogP contribution in [-0.2, 0) is 11.3 Å². The van der Waals surface area contributed by atoms with Crippen LogP contribution in [0.1, 0.15) is 29.0 Å². The number of hydrogen-bond donors (Lipinski definition) is 1. The number of piperidine rings is 1. The van der Waals surface area contributed by atoms with E-state index in [1.54, 1.807) is 24.1 Å². The van der Waals surface area contributed by atoms with Crippen molar-refractivity contribution in [3.63, 3.8) is 0 Å². The molecule has 0 radical (unpaired) electrons. The molecular formula is C17H24N6O2. The van der Waals surface area contributed by atoms with Gasteiger partial charge in [-0.15, -0.1) is 5.10 Å². The van der Waals surface area contributed by atoms with Gasteiger partial charge in [0.25, 0.3) is 5.91 Å². The summed E-state index contributed by atoms with van der Waals surface area (Å²) in [6.07, 6.45) is 3.75. The molecule has 25 heavy (non-hydrogen) atoms. The predicted octanol–water partition coefficient (Wildman–Crippen LogP) is 1.03. The number of rotatable bonds is 6. The largest absolute Gasteiger partial charge is 0.383 e. The summed E-state index contributed by atoms with van der Waals surface area (Å²) in [4.78, 5) is 14.6. The molecule has 2 aromatic rings. The van der Waals surface area contributed by atoms with Gasteiger partial charge in [-0.3, -0.25) is 9.48 Å². The first-order valence-electron chi connectivity index (χ1n) is 8.54. The van der Waals surface area contributed by atoms with Crippen LogP contribution in [0.25, 0.3) is 0 Å². The number of nitrogens with one attached hydrogen (secondary N) is 1. The average molecular weight is 344 g/mol. The van der Waals surface area contributed by atoms with Gasteiger partial charge >= 0.3 is 0 Å². The minimum Gasteiger partial charge on any atom is -0.383 e. The molecule has 8 heteroatoms. The number of anilines is 1. The predicted molar refractivity (Wildman–Crippen MR) is 93.6 cm³/mol. The van der Waals surface area contributed by atoms with Crippen LogP contribution >= 0.6 is 0 Å². The fourth-order valence-corrected chi connectivity index (χ4v) is 2.92. The molecule has 0 saturated carbocycles. The Morgan fingerprint density at radius 3 is 3.00 bits per heavy atom. The lowest BCUT2D eigenvalue weighted by atomic mass is 10.1. The smallest absolute Gasteiger partial charge is 0.272 e. The lowest BCUT2D eigenvalue weighted by Crippen LogP contribution is -2.48. The molecule has 0 spiro atoms. The zero-order valence-electron chi connectivity index (χ0n) is 14.7. The van der Waals surface area contributed by atoms with Crippen molar-refractivity contribution >= 4 is 11.7 Å². The molecule has 0 bridgehead atoms. The van der Waals surface area contributed by atoms with Gasteiger partial charge in [0.2, 0.25) is 0 Å². The molecule has 0 unspecified atom stereocenters. The van der Waals surface area contributed by atoms with E-state index in [-0.39, 0.29) is 11.9 Å². The van der Waals surface area contributed by atoms with Crippen molar-refractivity contribution in [1.29, 1.82) is 0 Å². The van der Waals surface area contributed by atoms with Gasteiger partial charge in [-0.2, -0.15) is 10.2 Å². The molecule has 3 heterocycles. The van der Waals surface area contributed by atoms with Gasteiger partial charge in [0.1, 0.15) is 5.69 Å². The van der Waals surface area contributed by atoms with E-state index in [1.165, 1.54) is 0 Å². The summed E-state index contributed by atoms with van der Waals surface area (Å²) < 4.78 is 6.74. The first kappa shape index (κ1) is 17.3. The van der Waals surface area contributed by atoms with Crippen molar-refractivity contribution in [2.45, 2.75) is 32.4 Å². The van der Waals surface area contributed by atoms with Crippen LogP contribution in [0.3, 0.4) is 0 Å². The second-order valence-corrected chi connectivity index (χ2v) is 6.25. The molecule has 1 amide bonds. The fraction of sp³-hybridized carbons (Fsp3) is 0.529. The van der Waals surface area contributed by atoms with Gasteiger partial charge in [-0.1, -0.05) is 0 Å². The lowest BCUT2D eigenvalue weighted by Gasteiger charge is -2.33. The van der Waals surface area contributed by atoms with Crippen LogP contribution in [0.5, 0.6) is 0 Å². The van der Waals surface area contributed by atoms with E-state index in [9.17, 15) is 4.79 Å². The summed E-state index contributed by atoms with van der Waals surface area (Å²) in [6, 6.07) is 5.74. The first-order chi connectivity index (χ1) is 12.2. The summed E-state index contributed by atoms with van der Waals surface area (Å²) in [5.74, 6) is 0.714. The number of carbonyl (C=O) groups is 1. The van der Waals surface area contributed by atoms with Gasteiger partial charge in [0.05, 0.1) is 18.8 Å². The normalized spacial score (nSPS) is 17.5. The van der Waals surface area contributed by atoms with Crippen LogP contribution in [-0.4, -0.2) is 58.7 Å². The number of carbonyl (C=O) groups excluding carboxylic acids is 1. The maximum absolute atomic E-state index is 12.4. The third-order valence-electron chi connectivity index (χ3n) is 4.26. The molecule has 1 atom stereocenters. The molecule has 1 fully saturated rings. The molecule has 134 valence electrons. The highest BCUT2D eigenvalue weighted by Crippen LogP contribution is 2.17. The molecule has 1 saturated heterocycles. The molecule has 0 aromatic carbocycles. The molecule has 2 aromatic heterocycles. The molecule has 1 aliphatic rings. The number of nitrogens with zero attached hydrogens (tertiary/aromatic N) is 5. The van der Waals surface area contributed by atoms with Crippen molar-refractivity contribution in [2.24, 2.45) is 0 Å². The van der Waals surface area contributed by atoms with Crippen molar-refractivity contribution in [3.05, 3.63) is 35.8 Å². The summed E-state index contributed by atoms with van der Waals surface area (Å²) >= 11 is 0. The molecule has 1 aliphatic heterocycles. The second-order valence-electron chi connectivity index (χ2n) is 6.25. The van der Waals surface area contributed by atoms with E-state index < -0.39 is 0 Å². The zero-order valence-corrected chi connectivity index (χ0v) is 14.7. The van der Waals surface area contributed by atoms with Crippen LogP contribution in [0, 0.1) is 6.92 Å². The summed E-state index contributed by atoms with van der Waals surface area (Å²) in [7, 11) is 1.64. The number of hydrogen-bond acceptors (Lipinski definition) is 6. The van der Waals surface area contributed by atoms with Gasteiger partial charge < -0.3 is 15.0 Å². The highest BCUT2D eigenvalue weighted by Gasteiger charge is 2.23. The number of aryl methyl sites for hydroxylation is 1. The molecule has 0 aliphatic carbocycles. The number of aromatic nitrogens is 4. The Morgan fingerprint density at radius 1 is 1.36 bits per heavy atom. The number of methoxy groups -OCH3 is 1. The summed E-state index contributed by atoms with van der Waals surface area (Å²) in [5.41, 5.74) is 1.33. The van der Waals surface area contributed by atoms with Crippen molar-refractivity contribution in [3.8, 4) is 0 Å². The highest BCUT2D eigenvalue weighted by atomic mass is 16.5. The molecular weight excluding hydrogens is 320 g/mol. The van der Waals surface area contributed by atoms with E-state index in [0.717, 1.165) is 37.4 Å². The van der Waals surface area contributed by atoms with Crippen molar-refractivity contribution < 1.29 is 9.53 Å². The van der Waals surface area contributed by atoms with Gasteiger partial charge in [0.15, 0.2) is 5.82 Å². The van der Waals surface area contributed by atoms with Crippen LogP contribution in [0.2, 0.25) is 0 Å². The van der Waals surface area contributed by atoms with Crippen molar-refractivity contribution in [2.75, 3.05) is 31.7 Å². The van der Waals surface area contributed by atoms with E-state index in [2.05, 4.69) is 25.5 Å². The van der Waals surface area contributed by atoms with E-state index in [0.29, 0.717) is 18.8 Å². The minimum atomic E-state index is -0.141. The Balaban J connectivity index is 1.57. The van der Waals surface area contributed by atoms with E-state index >= 15 is 0 Å². The summed E-state index contributed by atoms with van der Waals surface area (Å²) in [5, 5.41) is 15.7. The Kier molecular flexibility index (Phi) is 5.60. The average Bonchev–Trinajstić information content (AvgIpc) is 3.10.